The summed E-state index contributed by atoms with van der Waals surface area (Å²) in [6.07, 6.45) is -1.18. The molecule has 4 heterocycles. The minimum absolute atomic E-state index is 0.0232. The summed E-state index contributed by atoms with van der Waals surface area (Å²) in [4.78, 5) is 57.0. The summed E-state index contributed by atoms with van der Waals surface area (Å²) in [6, 6.07) is -0.822. The number of esters is 1. The number of amides is 2. The van der Waals surface area contributed by atoms with Gasteiger partial charge in [0.15, 0.2) is 5.13 Å². The third-order valence-corrected chi connectivity index (χ3v) is 8.73. The minimum atomic E-state index is -1.15. The molecule has 0 spiro atoms. The first kappa shape index (κ1) is 28.8. The molecule has 4 rings (SSSR count). The summed E-state index contributed by atoms with van der Waals surface area (Å²) in [7, 11) is 3.89. The van der Waals surface area contributed by atoms with Gasteiger partial charge in [-0.25, -0.2) is 14.5 Å². The predicted molar refractivity (Wildman–Crippen MR) is 142 cm³/mol. The van der Waals surface area contributed by atoms with Gasteiger partial charge >= 0.3 is 5.97 Å². The number of β-lactam (4-membered cyclic amide) rings is 1. The molecule has 2 aromatic heterocycles. The number of hydrogen-bond donors (Lipinski definition) is 2. The smallest absolute Gasteiger partial charge is 0.358 e. The zero-order valence-electron chi connectivity index (χ0n) is 21.3. The van der Waals surface area contributed by atoms with Crippen molar-refractivity contribution in [3.8, 4) is 0 Å². The zero-order chi connectivity index (χ0) is 28.1. The van der Waals surface area contributed by atoms with E-state index in [0.717, 1.165) is 6.54 Å². The van der Waals surface area contributed by atoms with Crippen LogP contribution in [0.3, 0.4) is 0 Å². The van der Waals surface area contributed by atoms with E-state index in [4.69, 9.17) is 15.2 Å². The maximum Gasteiger partial charge on any atom is 0.358 e. The Morgan fingerprint density at radius 1 is 1.41 bits per heavy atom. The number of thioether (sulfide) groups is 2. The lowest BCUT2D eigenvalue weighted by atomic mass is 10.0. The highest BCUT2D eigenvalue weighted by Gasteiger charge is 2.54. The predicted octanol–water partition coefficient (Wildman–Crippen LogP) is -0.676. The Kier molecular flexibility index (Phi) is 9.41. The fourth-order valence-corrected chi connectivity index (χ4v) is 6.73. The molecular weight excluding hydrogens is 570 g/mol. The number of carbonyl (C=O) groups excluding carboxylic acids is 4. The molecule has 2 aliphatic heterocycles. The lowest BCUT2D eigenvalue weighted by molar-refractivity contribution is -0.176. The van der Waals surface area contributed by atoms with Crippen molar-refractivity contribution in [2.24, 2.45) is 0 Å². The molecule has 1 fully saturated rings. The Hall–Kier alpha value is -3.22. The van der Waals surface area contributed by atoms with E-state index in [0.29, 0.717) is 39.6 Å². The molecule has 15 nitrogen and oxygen atoms in total. The van der Waals surface area contributed by atoms with Crippen LogP contribution in [0, 0.1) is 0 Å². The van der Waals surface area contributed by atoms with Gasteiger partial charge in [-0.05, 0) is 30.1 Å². The van der Waals surface area contributed by atoms with Crippen molar-refractivity contribution in [2.45, 2.75) is 42.8 Å². The second kappa shape index (κ2) is 12.8. The van der Waals surface area contributed by atoms with E-state index < -0.39 is 29.6 Å². The fourth-order valence-electron chi connectivity index (χ4n) is 3.77. The van der Waals surface area contributed by atoms with Crippen LogP contribution < -0.4 is 11.1 Å². The first-order chi connectivity index (χ1) is 18.7. The van der Waals surface area contributed by atoms with Crippen molar-refractivity contribution in [1.29, 1.82) is 0 Å². The molecule has 18 heteroatoms. The second-order valence-electron chi connectivity index (χ2n) is 8.74. The molecule has 1 saturated heterocycles. The van der Waals surface area contributed by atoms with Gasteiger partial charge in [0.1, 0.15) is 17.1 Å². The summed E-state index contributed by atoms with van der Waals surface area (Å²) >= 11 is 3.96. The molecule has 3 unspecified atom stereocenters. The maximum absolute atomic E-state index is 13.2. The molecule has 0 radical (unpaired) electrons. The van der Waals surface area contributed by atoms with Crippen LogP contribution in [0.25, 0.3) is 0 Å². The third-order valence-electron chi connectivity index (χ3n) is 5.62. The van der Waals surface area contributed by atoms with Gasteiger partial charge in [0.05, 0.1) is 18.7 Å². The number of aromatic nitrogens is 5. The lowest BCUT2D eigenvalue weighted by Crippen LogP contribution is -2.70. The highest BCUT2D eigenvalue weighted by atomic mass is 32.2. The average molecular weight is 598 g/mol. The van der Waals surface area contributed by atoms with Gasteiger partial charge in [-0.2, -0.15) is 0 Å². The first-order valence-corrected chi connectivity index (χ1v) is 14.6. The molecule has 210 valence electrons. The molecule has 2 aromatic rings. The number of tetrazole rings is 1. The number of hydrogen-bond acceptors (Lipinski definition) is 15. The maximum atomic E-state index is 13.2. The molecular formula is C21H27N9O6S3. The number of fused-ring (bicyclic) bond motifs is 1. The van der Waals surface area contributed by atoms with Gasteiger partial charge in [0, 0.05) is 30.4 Å². The number of carbonyl (C=O) groups is 4. The Morgan fingerprint density at radius 3 is 2.90 bits per heavy atom. The normalized spacial score (nSPS) is 19.4. The number of nitrogen functional groups attached to an aromatic ring is 1. The number of thiazole rings is 1. The summed E-state index contributed by atoms with van der Waals surface area (Å²) in [6.45, 7) is 2.87. The Labute approximate surface area is 235 Å². The minimum Gasteiger partial charge on any atom is -0.428 e. The van der Waals surface area contributed by atoms with Crippen LogP contribution in [-0.2, 0) is 41.6 Å². The lowest BCUT2D eigenvalue weighted by Gasteiger charge is -2.49. The molecule has 2 aliphatic rings. The van der Waals surface area contributed by atoms with Crippen LogP contribution in [0.2, 0.25) is 0 Å². The first-order valence-electron chi connectivity index (χ1n) is 11.7. The van der Waals surface area contributed by atoms with Crippen LogP contribution in [0.5, 0.6) is 0 Å². The van der Waals surface area contributed by atoms with E-state index in [9.17, 15) is 19.2 Å². The van der Waals surface area contributed by atoms with Gasteiger partial charge in [0.25, 0.3) is 12.4 Å². The second-order valence-corrected chi connectivity index (χ2v) is 11.7. The van der Waals surface area contributed by atoms with Gasteiger partial charge in [-0.3, -0.25) is 19.3 Å². The number of anilines is 1. The van der Waals surface area contributed by atoms with Crippen LogP contribution in [-0.4, -0.2) is 109 Å². The van der Waals surface area contributed by atoms with Crippen LogP contribution in [0.4, 0.5) is 5.13 Å². The van der Waals surface area contributed by atoms with Gasteiger partial charge in [-0.1, -0.05) is 11.8 Å². The number of nitrogens with two attached hydrogens (primary N) is 1. The van der Waals surface area contributed by atoms with E-state index in [-0.39, 0.29) is 24.5 Å². The van der Waals surface area contributed by atoms with Crippen molar-refractivity contribution in [1.82, 2.24) is 40.3 Å². The largest absolute Gasteiger partial charge is 0.428 e. The van der Waals surface area contributed by atoms with Crippen LogP contribution in [0.1, 0.15) is 12.6 Å². The summed E-state index contributed by atoms with van der Waals surface area (Å²) < 4.78 is 11.6. The Balaban J connectivity index is 1.49. The van der Waals surface area contributed by atoms with E-state index in [2.05, 4.69) is 25.8 Å². The number of nitrogens with zero attached hydrogens (tertiary/aromatic N) is 7. The van der Waals surface area contributed by atoms with Gasteiger partial charge < -0.3 is 25.4 Å². The van der Waals surface area contributed by atoms with E-state index in [1.54, 1.807) is 10.1 Å². The number of likely N-dealkylation sites (N-methyl/N-ethyl adjacent to an activating group) is 1. The molecule has 0 saturated carbocycles. The number of ether oxygens (including phenoxy) is 2. The Morgan fingerprint density at radius 2 is 2.21 bits per heavy atom. The Bertz CT molecular complexity index is 1270. The molecule has 0 aromatic carbocycles. The van der Waals surface area contributed by atoms with Gasteiger partial charge in [-0.15, -0.1) is 28.2 Å². The van der Waals surface area contributed by atoms with E-state index in [1.807, 2.05) is 19.0 Å². The fraction of sp³-hybridized carbons (Fsp3) is 0.524. The highest BCUT2D eigenvalue weighted by Crippen LogP contribution is 2.42. The van der Waals surface area contributed by atoms with E-state index in [1.165, 1.54) is 46.7 Å². The van der Waals surface area contributed by atoms with Crippen molar-refractivity contribution >= 4 is 64.2 Å². The van der Waals surface area contributed by atoms with E-state index >= 15 is 0 Å². The summed E-state index contributed by atoms with van der Waals surface area (Å²) in [5, 5.41) is 16.6. The monoisotopic (exact) mass is 597 g/mol. The molecule has 3 N–H and O–H groups in total. The number of nitrogens with one attached hydrogen (secondary N) is 1. The van der Waals surface area contributed by atoms with Crippen molar-refractivity contribution in [3.63, 3.8) is 0 Å². The summed E-state index contributed by atoms with van der Waals surface area (Å²) in [5.41, 5.74) is 6.82. The van der Waals surface area contributed by atoms with Crippen LogP contribution in [0.15, 0.2) is 21.8 Å². The highest BCUT2D eigenvalue weighted by molar-refractivity contribution is 8.01. The van der Waals surface area contributed by atoms with Crippen molar-refractivity contribution < 1.29 is 28.7 Å². The molecule has 2 amide bonds. The standard InChI is InChI=1S/C21H27N9O6S3/c1-11(35-10-31)36-19(34)16-12(8-39-21-25-26-27-29(21)5-4-28(2)3)7-37-18-15(17(33)30(16)18)24-14(32)6-13-9-38-20(22)23-13/h9-11,15,18H,4-8H2,1-3H3,(H2,22,23)(H,24,32). The average Bonchev–Trinajstić information content (AvgIpc) is 3.52. The van der Waals surface area contributed by atoms with Crippen molar-refractivity contribution in [3.05, 3.63) is 22.3 Å². The van der Waals surface area contributed by atoms with Crippen molar-refractivity contribution in [2.75, 3.05) is 37.9 Å². The zero-order valence-corrected chi connectivity index (χ0v) is 23.8. The number of rotatable bonds is 13. The van der Waals surface area contributed by atoms with Gasteiger partial charge in [0.2, 0.25) is 17.4 Å². The summed E-state index contributed by atoms with van der Waals surface area (Å²) in [5.74, 6) is -0.947. The van der Waals surface area contributed by atoms with Crippen LogP contribution >= 0.6 is 34.9 Å². The molecule has 0 aliphatic carbocycles. The third kappa shape index (κ3) is 6.87. The molecule has 0 bridgehead atoms. The topological polar surface area (TPSA) is 188 Å². The molecule has 3 atom stereocenters. The molecule has 39 heavy (non-hydrogen) atoms. The SMILES string of the molecule is CC(OC=O)OC(=O)C1=C(CSc2nnnn2CCN(C)C)CSC2C(NC(=O)Cc3csc(N)n3)C(=O)N12. The quantitative estimate of drug-likeness (QED) is 0.0972.